The maximum absolute atomic E-state index is 13.1. The van der Waals surface area contributed by atoms with E-state index in [0.717, 1.165) is 22.1 Å². The van der Waals surface area contributed by atoms with Gasteiger partial charge in [-0.1, -0.05) is 48.0 Å². The SMILES string of the molecule is CC(/C=C1\SC(=O)N(c2ccc(Cl)c(C(F)(F)F)c2)C1=O)=C\c1ccccc1. The van der Waals surface area contributed by atoms with Gasteiger partial charge in [-0.2, -0.15) is 13.2 Å². The van der Waals surface area contributed by atoms with Crippen LogP contribution in [-0.4, -0.2) is 11.1 Å². The van der Waals surface area contributed by atoms with Crippen LogP contribution in [0.25, 0.3) is 6.08 Å². The van der Waals surface area contributed by atoms with E-state index < -0.39 is 27.9 Å². The number of imide groups is 1. The van der Waals surface area contributed by atoms with Crippen molar-refractivity contribution in [1.82, 2.24) is 0 Å². The lowest BCUT2D eigenvalue weighted by molar-refractivity contribution is -0.137. The van der Waals surface area contributed by atoms with Crippen molar-refractivity contribution in [2.24, 2.45) is 0 Å². The number of alkyl halides is 3. The topological polar surface area (TPSA) is 37.4 Å². The quantitative estimate of drug-likeness (QED) is 0.525. The van der Waals surface area contributed by atoms with E-state index in [9.17, 15) is 22.8 Å². The van der Waals surface area contributed by atoms with E-state index in [-0.39, 0.29) is 10.6 Å². The van der Waals surface area contributed by atoms with Crippen LogP contribution in [0.3, 0.4) is 0 Å². The number of halogens is 4. The van der Waals surface area contributed by atoms with E-state index in [0.29, 0.717) is 17.8 Å². The second-order valence-electron chi connectivity index (χ2n) is 5.98. The Morgan fingerprint density at radius 1 is 1.11 bits per heavy atom. The third-order valence-corrected chi connectivity index (χ3v) is 5.06. The summed E-state index contributed by atoms with van der Waals surface area (Å²) < 4.78 is 39.2. The average Bonchev–Trinajstić information content (AvgIpc) is 2.89. The Morgan fingerprint density at radius 3 is 2.43 bits per heavy atom. The number of thioether (sulfide) groups is 1. The molecule has 0 N–H and O–H groups in total. The minimum absolute atomic E-state index is 0.137. The molecule has 0 atom stereocenters. The summed E-state index contributed by atoms with van der Waals surface area (Å²) in [6.07, 6.45) is -1.32. The van der Waals surface area contributed by atoms with E-state index in [1.165, 1.54) is 6.07 Å². The van der Waals surface area contributed by atoms with Crippen molar-refractivity contribution >= 4 is 46.3 Å². The Morgan fingerprint density at radius 2 is 1.79 bits per heavy atom. The highest BCUT2D eigenvalue weighted by Crippen LogP contribution is 2.40. The van der Waals surface area contributed by atoms with E-state index in [1.54, 1.807) is 13.0 Å². The standard InChI is InChI=1S/C20H13ClF3NO2S/c1-12(9-13-5-3-2-4-6-13)10-17-18(26)25(19(27)28-17)14-7-8-16(21)15(11-14)20(22,23)24/h2-11H,1H3/b12-9+,17-10-. The van der Waals surface area contributed by atoms with Crippen LogP contribution in [0.15, 0.2) is 65.1 Å². The zero-order valence-corrected chi connectivity index (χ0v) is 16.0. The first kappa shape index (κ1) is 20.2. The van der Waals surface area contributed by atoms with Crippen LogP contribution in [-0.2, 0) is 11.0 Å². The van der Waals surface area contributed by atoms with Crippen molar-refractivity contribution in [3.8, 4) is 0 Å². The molecular weight excluding hydrogens is 411 g/mol. The van der Waals surface area contributed by atoms with Gasteiger partial charge in [-0.15, -0.1) is 0 Å². The monoisotopic (exact) mass is 423 g/mol. The van der Waals surface area contributed by atoms with Gasteiger partial charge in [0.15, 0.2) is 0 Å². The lowest BCUT2D eigenvalue weighted by Crippen LogP contribution is -2.28. The second kappa shape index (κ2) is 7.85. The molecule has 28 heavy (non-hydrogen) atoms. The Kier molecular flexibility index (Phi) is 5.67. The molecule has 0 spiro atoms. The van der Waals surface area contributed by atoms with Gasteiger partial charge < -0.3 is 0 Å². The van der Waals surface area contributed by atoms with E-state index >= 15 is 0 Å². The molecule has 144 valence electrons. The first-order valence-corrected chi connectivity index (χ1v) is 9.24. The Bertz CT molecular complexity index is 1000. The van der Waals surface area contributed by atoms with Gasteiger partial charge in [-0.05, 0) is 54.1 Å². The molecule has 1 aliphatic heterocycles. The molecule has 2 aromatic rings. The largest absolute Gasteiger partial charge is 0.417 e. The lowest BCUT2D eigenvalue weighted by Gasteiger charge is -2.16. The third-order valence-electron chi connectivity index (χ3n) is 3.86. The number of rotatable bonds is 3. The summed E-state index contributed by atoms with van der Waals surface area (Å²) >= 11 is 6.28. The summed E-state index contributed by atoms with van der Waals surface area (Å²) in [5.74, 6) is -0.675. The van der Waals surface area contributed by atoms with Gasteiger partial charge in [0.25, 0.3) is 11.1 Å². The van der Waals surface area contributed by atoms with Crippen molar-refractivity contribution < 1.29 is 22.8 Å². The van der Waals surface area contributed by atoms with Crippen LogP contribution in [0.5, 0.6) is 0 Å². The lowest BCUT2D eigenvalue weighted by atomic mass is 10.1. The van der Waals surface area contributed by atoms with Crippen LogP contribution in [0.1, 0.15) is 18.1 Å². The number of benzene rings is 2. The van der Waals surface area contributed by atoms with Crippen LogP contribution in [0.2, 0.25) is 5.02 Å². The van der Waals surface area contributed by atoms with Gasteiger partial charge in [-0.25, -0.2) is 4.90 Å². The molecule has 3 nitrogen and oxygen atoms in total. The minimum atomic E-state index is -4.69. The van der Waals surface area contributed by atoms with Crippen LogP contribution < -0.4 is 4.90 Å². The highest BCUT2D eigenvalue weighted by Gasteiger charge is 2.39. The number of hydrogen-bond donors (Lipinski definition) is 0. The average molecular weight is 424 g/mol. The summed E-state index contributed by atoms with van der Waals surface area (Å²) in [5.41, 5.74) is 0.369. The molecule has 0 bridgehead atoms. The minimum Gasteiger partial charge on any atom is -0.268 e. The number of allylic oxidation sites excluding steroid dienone is 2. The van der Waals surface area contributed by atoms with Gasteiger partial charge in [0, 0.05) is 0 Å². The molecule has 2 aromatic carbocycles. The highest BCUT2D eigenvalue weighted by atomic mass is 35.5. The maximum Gasteiger partial charge on any atom is 0.417 e. The molecule has 1 fully saturated rings. The number of carbonyl (C=O) groups is 2. The molecule has 1 heterocycles. The molecule has 0 radical (unpaired) electrons. The van der Waals surface area contributed by atoms with Gasteiger partial charge in [0.05, 0.1) is 21.2 Å². The van der Waals surface area contributed by atoms with Crippen molar-refractivity contribution in [1.29, 1.82) is 0 Å². The van der Waals surface area contributed by atoms with Crippen molar-refractivity contribution in [2.45, 2.75) is 13.1 Å². The zero-order chi connectivity index (χ0) is 20.5. The van der Waals surface area contributed by atoms with Crippen LogP contribution in [0.4, 0.5) is 23.7 Å². The molecule has 8 heteroatoms. The summed E-state index contributed by atoms with van der Waals surface area (Å²) in [4.78, 5) is 25.8. The van der Waals surface area contributed by atoms with Gasteiger partial charge >= 0.3 is 6.18 Å². The molecule has 1 aliphatic rings. The van der Waals surface area contributed by atoms with Crippen LogP contribution in [0, 0.1) is 0 Å². The first-order valence-electron chi connectivity index (χ1n) is 8.05. The van der Waals surface area contributed by atoms with Crippen molar-refractivity contribution in [2.75, 3.05) is 4.90 Å². The fourth-order valence-corrected chi connectivity index (χ4v) is 3.74. The summed E-state index contributed by atoms with van der Waals surface area (Å²) in [5, 5.41) is -1.17. The number of nitrogens with zero attached hydrogens (tertiary/aromatic N) is 1. The summed E-state index contributed by atoms with van der Waals surface area (Å²) in [6.45, 7) is 1.77. The highest BCUT2D eigenvalue weighted by molar-refractivity contribution is 8.18. The molecule has 0 aliphatic carbocycles. The number of amides is 2. The van der Waals surface area contributed by atoms with E-state index in [1.807, 2.05) is 36.4 Å². The smallest absolute Gasteiger partial charge is 0.268 e. The molecular formula is C20H13ClF3NO2S. The zero-order valence-electron chi connectivity index (χ0n) is 14.5. The molecule has 2 amide bonds. The maximum atomic E-state index is 13.1. The van der Waals surface area contributed by atoms with Crippen molar-refractivity contribution in [3.05, 3.63) is 81.2 Å². The summed E-state index contributed by atoms with van der Waals surface area (Å²) in [6, 6.07) is 12.3. The number of hydrogen-bond acceptors (Lipinski definition) is 3. The summed E-state index contributed by atoms with van der Waals surface area (Å²) in [7, 11) is 0. The normalized spacial score (nSPS) is 17.0. The van der Waals surface area contributed by atoms with Crippen LogP contribution >= 0.6 is 23.4 Å². The Labute approximate surface area is 168 Å². The Hall–Kier alpha value is -2.51. The molecule has 1 saturated heterocycles. The molecule has 0 aromatic heterocycles. The number of anilines is 1. The number of carbonyl (C=O) groups excluding carboxylic acids is 2. The molecule has 0 saturated carbocycles. The third kappa shape index (κ3) is 4.31. The first-order chi connectivity index (χ1) is 13.2. The van der Waals surface area contributed by atoms with E-state index in [4.69, 9.17) is 11.6 Å². The Balaban J connectivity index is 1.91. The van der Waals surface area contributed by atoms with Gasteiger partial charge in [0.1, 0.15) is 0 Å². The fraction of sp³-hybridized carbons (Fsp3) is 0.100. The predicted octanol–water partition coefficient (Wildman–Crippen LogP) is 6.55. The van der Waals surface area contributed by atoms with Gasteiger partial charge in [-0.3, -0.25) is 9.59 Å². The fourth-order valence-electron chi connectivity index (χ4n) is 2.62. The molecule has 3 rings (SSSR count). The second-order valence-corrected chi connectivity index (χ2v) is 7.38. The van der Waals surface area contributed by atoms with Crippen molar-refractivity contribution in [3.63, 3.8) is 0 Å². The predicted molar refractivity (Wildman–Crippen MR) is 105 cm³/mol. The van der Waals surface area contributed by atoms with Gasteiger partial charge in [0.2, 0.25) is 0 Å². The van der Waals surface area contributed by atoms with E-state index in [2.05, 4.69) is 0 Å². The molecule has 0 unspecified atom stereocenters.